The van der Waals surface area contributed by atoms with Crippen molar-refractivity contribution in [2.75, 3.05) is 18.5 Å². The molecule has 0 aliphatic carbocycles. The van der Waals surface area contributed by atoms with Gasteiger partial charge >= 0.3 is 5.97 Å². The molecule has 0 heterocycles. The molecule has 0 radical (unpaired) electrons. The first-order valence-electron chi connectivity index (χ1n) is 8.83. The summed E-state index contributed by atoms with van der Waals surface area (Å²) in [7, 11) is 0. The van der Waals surface area contributed by atoms with Gasteiger partial charge in [0.1, 0.15) is 11.5 Å². The Morgan fingerprint density at radius 1 is 0.968 bits per heavy atom. The minimum absolute atomic E-state index is 0.0496. The van der Waals surface area contributed by atoms with E-state index in [2.05, 4.69) is 5.32 Å². The fourth-order valence-corrected chi connectivity index (χ4v) is 3.40. The molecule has 0 saturated carbocycles. The van der Waals surface area contributed by atoms with Crippen molar-refractivity contribution in [3.05, 3.63) is 64.1 Å². The van der Waals surface area contributed by atoms with Gasteiger partial charge in [-0.05, 0) is 41.8 Å². The van der Waals surface area contributed by atoms with E-state index in [1.54, 1.807) is 30.3 Å². The number of fused-ring (bicyclic) bond motifs is 1. The third-order valence-electron chi connectivity index (χ3n) is 4.07. The molecule has 10 heteroatoms. The van der Waals surface area contributed by atoms with Crippen LogP contribution in [0.1, 0.15) is 10.4 Å². The molecule has 0 fully saturated rings. The number of carbonyl (C=O) groups excluding carboxylic acids is 2. The summed E-state index contributed by atoms with van der Waals surface area (Å²) in [6.45, 7) is -0.792. The fraction of sp³-hybridized carbons (Fsp3) is 0.0952. The van der Waals surface area contributed by atoms with Crippen molar-refractivity contribution in [3.63, 3.8) is 0 Å². The molecular formula is C21H16Cl2N2O6. The van der Waals surface area contributed by atoms with Crippen molar-refractivity contribution in [2.45, 2.75) is 0 Å². The van der Waals surface area contributed by atoms with Gasteiger partial charge in [0.15, 0.2) is 13.2 Å². The minimum Gasteiger partial charge on any atom is -0.483 e. The van der Waals surface area contributed by atoms with E-state index in [1.165, 1.54) is 18.2 Å². The molecule has 0 spiro atoms. The van der Waals surface area contributed by atoms with Gasteiger partial charge < -0.3 is 25.6 Å². The minimum atomic E-state index is -1.17. The van der Waals surface area contributed by atoms with Crippen LogP contribution in [0.2, 0.25) is 10.0 Å². The van der Waals surface area contributed by atoms with E-state index in [4.69, 9.17) is 38.4 Å². The Morgan fingerprint density at radius 3 is 2.39 bits per heavy atom. The van der Waals surface area contributed by atoms with E-state index in [1.807, 2.05) is 0 Å². The number of halogens is 2. The Balaban J connectivity index is 1.81. The van der Waals surface area contributed by atoms with E-state index >= 15 is 0 Å². The van der Waals surface area contributed by atoms with Crippen LogP contribution in [0.15, 0.2) is 48.5 Å². The van der Waals surface area contributed by atoms with Gasteiger partial charge in [-0.15, -0.1) is 0 Å². The number of amides is 2. The second kappa shape index (κ2) is 9.55. The van der Waals surface area contributed by atoms with Crippen molar-refractivity contribution in [2.24, 2.45) is 5.73 Å². The molecule has 0 saturated heterocycles. The lowest BCUT2D eigenvalue weighted by Gasteiger charge is -2.14. The molecule has 0 unspecified atom stereocenters. The third kappa shape index (κ3) is 5.56. The molecule has 0 bridgehead atoms. The van der Waals surface area contributed by atoms with Gasteiger partial charge in [0.25, 0.3) is 11.8 Å². The number of hydrogen-bond acceptors (Lipinski definition) is 5. The van der Waals surface area contributed by atoms with Crippen LogP contribution in [0.4, 0.5) is 5.69 Å². The van der Waals surface area contributed by atoms with Crippen LogP contribution < -0.4 is 20.5 Å². The van der Waals surface area contributed by atoms with Crippen LogP contribution in [-0.2, 0) is 9.59 Å². The zero-order valence-corrected chi connectivity index (χ0v) is 17.4. The van der Waals surface area contributed by atoms with Crippen LogP contribution in [0.3, 0.4) is 0 Å². The van der Waals surface area contributed by atoms with Crippen LogP contribution in [-0.4, -0.2) is 36.1 Å². The third-order valence-corrected chi connectivity index (χ3v) is 4.58. The molecule has 0 aromatic heterocycles. The molecular weight excluding hydrogens is 447 g/mol. The average molecular weight is 463 g/mol. The molecule has 4 N–H and O–H groups in total. The Labute approximate surface area is 186 Å². The summed E-state index contributed by atoms with van der Waals surface area (Å²) in [6.07, 6.45) is 0. The Hall–Kier alpha value is -3.49. The summed E-state index contributed by atoms with van der Waals surface area (Å²) in [5.41, 5.74) is 5.33. The maximum absolute atomic E-state index is 12.4. The number of nitrogens with two attached hydrogens (primary N) is 1. The summed E-state index contributed by atoms with van der Waals surface area (Å²) in [6, 6.07) is 12.2. The molecule has 3 aromatic carbocycles. The molecule has 3 rings (SSSR count). The number of carboxylic acid groups (broad SMARTS) is 1. The topological polar surface area (TPSA) is 128 Å². The Kier molecular flexibility index (Phi) is 6.84. The molecule has 0 aliphatic heterocycles. The van der Waals surface area contributed by atoms with Gasteiger partial charge in [0, 0.05) is 10.4 Å². The van der Waals surface area contributed by atoms with Gasteiger partial charge in [0.2, 0.25) is 0 Å². The largest absolute Gasteiger partial charge is 0.483 e. The molecule has 2 amide bonds. The molecule has 31 heavy (non-hydrogen) atoms. The summed E-state index contributed by atoms with van der Waals surface area (Å²) >= 11 is 12.3. The lowest BCUT2D eigenvalue weighted by atomic mass is 10.1. The lowest BCUT2D eigenvalue weighted by Crippen LogP contribution is -2.22. The summed E-state index contributed by atoms with van der Waals surface area (Å²) in [4.78, 5) is 34.8. The second-order valence-electron chi connectivity index (χ2n) is 6.35. The number of primary amides is 1. The smallest absolute Gasteiger partial charge is 0.335 e. The number of ether oxygens (including phenoxy) is 2. The molecule has 0 atom stereocenters. The first kappa shape index (κ1) is 22.2. The number of aromatic carboxylic acids is 1. The van der Waals surface area contributed by atoms with E-state index in [-0.39, 0.29) is 28.7 Å². The van der Waals surface area contributed by atoms with Crippen LogP contribution in [0.25, 0.3) is 10.8 Å². The van der Waals surface area contributed by atoms with E-state index in [9.17, 15) is 19.5 Å². The molecule has 3 aromatic rings. The summed E-state index contributed by atoms with van der Waals surface area (Å²) < 4.78 is 10.8. The average Bonchev–Trinajstić information content (AvgIpc) is 2.70. The fourth-order valence-electron chi connectivity index (χ4n) is 2.80. The zero-order chi connectivity index (χ0) is 22.5. The maximum Gasteiger partial charge on any atom is 0.335 e. The Morgan fingerprint density at radius 2 is 1.68 bits per heavy atom. The SMILES string of the molecule is NC(=O)COc1ccccc1NC(=O)COc1cc(C(=O)O)cc2cc(Cl)cc(Cl)c12. The number of hydrogen-bond donors (Lipinski definition) is 3. The number of rotatable bonds is 8. The Bertz CT molecular complexity index is 1180. The first-order valence-corrected chi connectivity index (χ1v) is 9.59. The van der Waals surface area contributed by atoms with Crippen molar-refractivity contribution in [1.29, 1.82) is 0 Å². The maximum atomic E-state index is 12.4. The number of nitrogens with one attached hydrogen (secondary N) is 1. The standard InChI is InChI=1S/C21H16Cl2N2O6/c22-13-6-11-5-12(21(28)29)7-17(20(11)14(23)8-13)31-10-19(27)25-15-3-1-2-4-16(15)30-9-18(24)26/h1-8H,9-10H2,(H2,24,26)(H,25,27)(H,28,29). The van der Waals surface area contributed by atoms with E-state index in [0.717, 1.165) is 0 Å². The van der Waals surface area contributed by atoms with Gasteiger partial charge in [-0.2, -0.15) is 0 Å². The van der Waals surface area contributed by atoms with E-state index < -0.39 is 24.4 Å². The lowest BCUT2D eigenvalue weighted by molar-refractivity contribution is -0.120. The highest BCUT2D eigenvalue weighted by molar-refractivity contribution is 6.39. The van der Waals surface area contributed by atoms with Gasteiger partial charge in [0.05, 0.1) is 16.3 Å². The molecule has 8 nitrogen and oxygen atoms in total. The van der Waals surface area contributed by atoms with Crippen LogP contribution >= 0.6 is 23.2 Å². The predicted molar refractivity (Wildman–Crippen MR) is 116 cm³/mol. The van der Waals surface area contributed by atoms with Crippen molar-refractivity contribution >= 4 is 57.4 Å². The highest BCUT2D eigenvalue weighted by Crippen LogP contribution is 2.36. The number of anilines is 1. The van der Waals surface area contributed by atoms with Gasteiger partial charge in [-0.3, -0.25) is 9.59 Å². The quantitative estimate of drug-likeness (QED) is 0.467. The van der Waals surface area contributed by atoms with Crippen molar-refractivity contribution in [3.8, 4) is 11.5 Å². The number of carboxylic acids is 1. The van der Waals surface area contributed by atoms with Crippen molar-refractivity contribution in [1.82, 2.24) is 0 Å². The highest BCUT2D eigenvalue weighted by Gasteiger charge is 2.16. The molecule has 0 aliphatic rings. The second-order valence-corrected chi connectivity index (χ2v) is 7.20. The van der Waals surface area contributed by atoms with E-state index in [0.29, 0.717) is 21.5 Å². The number of carbonyl (C=O) groups is 3. The van der Waals surface area contributed by atoms with Gasteiger partial charge in [-0.25, -0.2) is 4.79 Å². The first-order chi connectivity index (χ1) is 14.7. The van der Waals surface area contributed by atoms with Gasteiger partial charge in [-0.1, -0.05) is 35.3 Å². The van der Waals surface area contributed by atoms with Crippen LogP contribution in [0, 0.1) is 0 Å². The number of para-hydroxylation sites is 2. The zero-order valence-electron chi connectivity index (χ0n) is 15.9. The predicted octanol–water partition coefficient (Wildman–Crippen LogP) is 3.73. The number of benzene rings is 3. The summed E-state index contributed by atoms with van der Waals surface area (Å²) in [5.74, 6) is -2.01. The van der Waals surface area contributed by atoms with Crippen LogP contribution in [0.5, 0.6) is 11.5 Å². The normalized spacial score (nSPS) is 10.5. The van der Waals surface area contributed by atoms with Crippen molar-refractivity contribution < 1.29 is 29.0 Å². The molecule has 160 valence electrons. The highest BCUT2D eigenvalue weighted by atomic mass is 35.5. The monoisotopic (exact) mass is 462 g/mol. The summed E-state index contributed by atoms with van der Waals surface area (Å²) in [5, 5.41) is 13.4.